The lowest BCUT2D eigenvalue weighted by atomic mass is 10.1. The maximum atomic E-state index is 13.0. The summed E-state index contributed by atoms with van der Waals surface area (Å²) in [4.78, 5) is 39.3. The molecular formula is C28H32N4O3. The fourth-order valence-electron chi connectivity index (χ4n) is 3.54. The minimum Gasteiger partial charge on any atom is -0.376 e. The van der Waals surface area contributed by atoms with Crippen LogP contribution >= 0.6 is 0 Å². The molecule has 0 unspecified atom stereocenters. The summed E-state index contributed by atoms with van der Waals surface area (Å²) in [5.41, 5.74) is 3.20. The van der Waals surface area contributed by atoms with E-state index in [1.54, 1.807) is 47.4 Å². The van der Waals surface area contributed by atoms with Crippen LogP contribution in [0.15, 0.2) is 78.9 Å². The number of hydrogen-bond donors (Lipinski definition) is 3. The summed E-state index contributed by atoms with van der Waals surface area (Å²) in [5.74, 6) is -0.465. The molecule has 0 aliphatic heterocycles. The summed E-state index contributed by atoms with van der Waals surface area (Å²) < 4.78 is 0. The van der Waals surface area contributed by atoms with Gasteiger partial charge < -0.3 is 20.9 Å². The number of carbonyl (C=O) groups is 3. The minimum atomic E-state index is -0.235. The number of hydrogen-bond acceptors (Lipinski definition) is 4. The molecule has 3 rings (SSSR count). The molecule has 7 nitrogen and oxygen atoms in total. The predicted octanol–water partition coefficient (Wildman–Crippen LogP) is 4.93. The molecule has 0 heterocycles. The van der Waals surface area contributed by atoms with Crippen LogP contribution in [0.25, 0.3) is 0 Å². The Balaban J connectivity index is 1.54. The summed E-state index contributed by atoms with van der Waals surface area (Å²) in [6, 6.07) is 23.4. The second-order valence-electron chi connectivity index (χ2n) is 8.05. The van der Waals surface area contributed by atoms with Crippen LogP contribution in [-0.2, 0) is 4.79 Å². The zero-order chi connectivity index (χ0) is 25.0. The molecule has 0 aromatic heterocycles. The Morgan fingerprint density at radius 3 is 2.23 bits per heavy atom. The maximum absolute atomic E-state index is 13.0. The number of amides is 3. The Hall–Kier alpha value is -4.13. The largest absolute Gasteiger partial charge is 0.376 e. The predicted molar refractivity (Wildman–Crippen MR) is 141 cm³/mol. The molecule has 3 N–H and O–H groups in total. The summed E-state index contributed by atoms with van der Waals surface area (Å²) in [6.45, 7) is 5.23. The summed E-state index contributed by atoms with van der Waals surface area (Å²) in [7, 11) is 0. The molecule has 7 heteroatoms. The van der Waals surface area contributed by atoms with Gasteiger partial charge in [0.05, 0.1) is 6.54 Å². The van der Waals surface area contributed by atoms with Gasteiger partial charge in [-0.25, -0.2) is 0 Å². The van der Waals surface area contributed by atoms with Gasteiger partial charge in [0.15, 0.2) is 0 Å². The smallest absolute Gasteiger partial charge is 0.258 e. The van der Waals surface area contributed by atoms with E-state index in [9.17, 15) is 14.4 Å². The van der Waals surface area contributed by atoms with Gasteiger partial charge in [0.1, 0.15) is 0 Å². The molecule has 0 bridgehead atoms. The average molecular weight is 473 g/mol. The van der Waals surface area contributed by atoms with Crippen molar-refractivity contribution in [2.45, 2.75) is 26.7 Å². The van der Waals surface area contributed by atoms with Gasteiger partial charge >= 0.3 is 0 Å². The first-order chi connectivity index (χ1) is 17.0. The van der Waals surface area contributed by atoms with E-state index in [1.165, 1.54) is 0 Å². The van der Waals surface area contributed by atoms with E-state index < -0.39 is 0 Å². The second kappa shape index (κ2) is 12.9. The van der Waals surface area contributed by atoms with E-state index in [2.05, 4.69) is 22.9 Å². The highest BCUT2D eigenvalue weighted by Gasteiger charge is 2.16. The van der Waals surface area contributed by atoms with Crippen LogP contribution < -0.4 is 20.9 Å². The van der Waals surface area contributed by atoms with Crippen molar-refractivity contribution in [1.29, 1.82) is 0 Å². The Morgan fingerprint density at radius 1 is 0.800 bits per heavy atom. The lowest BCUT2D eigenvalue weighted by Crippen LogP contribution is -2.30. The number of rotatable bonds is 11. The topological polar surface area (TPSA) is 90.5 Å². The molecule has 35 heavy (non-hydrogen) atoms. The average Bonchev–Trinajstić information content (AvgIpc) is 2.89. The molecule has 0 atom stereocenters. The normalized spacial score (nSPS) is 10.3. The van der Waals surface area contributed by atoms with Gasteiger partial charge in [-0.3, -0.25) is 14.4 Å². The summed E-state index contributed by atoms with van der Waals surface area (Å²) in [6.07, 6.45) is 1.96. The molecule has 0 saturated heterocycles. The monoisotopic (exact) mass is 472 g/mol. The van der Waals surface area contributed by atoms with Crippen LogP contribution in [0.4, 0.5) is 17.1 Å². The highest BCUT2D eigenvalue weighted by Crippen LogP contribution is 2.19. The first-order valence-electron chi connectivity index (χ1n) is 11.9. The van der Waals surface area contributed by atoms with Gasteiger partial charge in [-0.2, -0.15) is 0 Å². The molecule has 3 aromatic rings. The zero-order valence-electron chi connectivity index (χ0n) is 20.2. The third kappa shape index (κ3) is 7.43. The molecule has 3 amide bonds. The summed E-state index contributed by atoms with van der Waals surface area (Å²) in [5, 5.41) is 8.74. The highest BCUT2D eigenvalue weighted by atomic mass is 16.2. The van der Waals surface area contributed by atoms with Crippen molar-refractivity contribution >= 4 is 34.8 Å². The quantitative estimate of drug-likeness (QED) is 0.345. The minimum absolute atomic E-state index is 0.0348. The van der Waals surface area contributed by atoms with Crippen molar-refractivity contribution in [3.63, 3.8) is 0 Å². The van der Waals surface area contributed by atoms with Crippen molar-refractivity contribution in [3.8, 4) is 0 Å². The van der Waals surface area contributed by atoms with Crippen molar-refractivity contribution in [3.05, 3.63) is 90.0 Å². The summed E-state index contributed by atoms with van der Waals surface area (Å²) >= 11 is 0. The molecule has 182 valence electrons. The molecule has 3 aromatic carbocycles. The number of nitrogens with zero attached hydrogens (tertiary/aromatic N) is 1. The van der Waals surface area contributed by atoms with Crippen LogP contribution in [0.1, 0.15) is 47.4 Å². The zero-order valence-corrected chi connectivity index (χ0v) is 20.2. The van der Waals surface area contributed by atoms with Crippen molar-refractivity contribution in [2.75, 3.05) is 35.2 Å². The van der Waals surface area contributed by atoms with Gasteiger partial charge in [-0.1, -0.05) is 37.6 Å². The first-order valence-corrected chi connectivity index (χ1v) is 11.9. The van der Waals surface area contributed by atoms with Gasteiger partial charge in [0.2, 0.25) is 5.91 Å². The van der Waals surface area contributed by atoms with E-state index in [0.29, 0.717) is 35.6 Å². The number of unbranched alkanes of at least 4 members (excludes halogenated alkanes) is 1. The number of para-hydroxylation sites is 1. The van der Waals surface area contributed by atoms with Crippen LogP contribution in [0.3, 0.4) is 0 Å². The SMILES string of the molecule is CCCCNC(=O)c1ccc(NC(=O)CNc2cccc(C(=O)N(CC)c3ccccc3)c2)cc1. The van der Waals surface area contributed by atoms with Gasteiger partial charge in [-0.15, -0.1) is 0 Å². The fourth-order valence-corrected chi connectivity index (χ4v) is 3.54. The molecule has 0 saturated carbocycles. The Labute approximate surface area is 206 Å². The third-order valence-corrected chi connectivity index (χ3v) is 5.44. The molecular weight excluding hydrogens is 440 g/mol. The van der Waals surface area contributed by atoms with Crippen LogP contribution in [0, 0.1) is 0 Å². The Bertz CT molecular complexity index is 1130. The van der Waals surface area contributed by atoms with E-state index >= 15 is 0 Å². The van der Waals surface area contributed by atoms with Crippen molar-refractivity contribution in [1.82, 2.24) is 5.32 Å². The Morgan fingerprint density at radius 2 is 1.54 bits per heavy atom. The standard InChI is InChI=1S/C28H32N4O3/c1-3-5-18-29-27(34)21-14-16-23(17-15-21)31-26(33)20-30-24-11-9-10-22(19-24)28(35)32(4-2)25-12-7-6-8-13-25/h6-17,19,30H,3-5,18,20H2,1-2H3,(H,29,34)(H,31,33). The van der Waals surface area contributed by atoms with Crippen molar-refractivity contribution in [2.24, 2.45) is 0 Å². The number of anilines is 3. The lowest BCUT2D eigenvalue weighted by Gasteiger charge is -2.21. The van der Waals surface area contributed by atoms with E-state index in [-0.39, 0.29) is 24.3 Å². The Kier molecular flexibility index (Phi) is 9.42. The molecule has 0 aliphatic carbocycles. The first kappa shape index (κ1) is 25.5. The van der Waals surface area contributed by atoms with Crippen LogP contribution in [-0.4, -0.2) is 37.4 Å². The molecule has 0 aliphatic rings. The fraction of sp³-hybridized carbons (Fsp3) is 0.250. The van der Waals surface area contributed by atoms with Crippen LogP contribution in [0.5, 0.6) is 0 Å². The molecule has 0 spiro atoms. The van der Waals surface area contributed by atoms with Crippen molar-refractivity contribution < 1.29 is 14.4 Å². The van der Waals surface area contributed by atoms with E-state index in [4.69, 9.17) is 0 Å². The lowest BCUT2D eigenvalue weighted by molar-refractivity contribution is -0.114. The third-order valence-electron chi connectivity index (χ3n) is 5.44. The number of benzene rings is 3. The van der Waals surface area contributed by atoms with Gasteiger partial charge in [0.25, 0.3) is 11.8 Å². The van der Waals surface area contributed by atoms with Crippen LogP contribution in [0.2, 0.25) is 0 Å². The molecule has 0 fully saturated rings. The van der Waals surface area contributed by atoms with E-state index in [1.807, 2.05) is 43.3 Å². The number of carbonyl (C=O) groups excluding carboxylic acids is 3. The number of nitrogens with one attached hydrogen (secondary N) is 3. The van der Waals surface area contributed by atoms with Gasteiger partial charge in [0, 0.05) is 41.3 Å². The van der Waals surface area contributed by atoms with E-state index in [0.717, 1.165) is 18.5 Å². The highest BCUT2D eigenvalue weighted by molar-refractivity contribution is 6.06. The molecule has 0 radical (unpaired) electrons. The van der Waals surface area contributed by atoms with Gasteiger partial charge in [-0.05, 0) is 67.9 Å². The maximum Gasteiger partial charge on any atom is 0.258 e. The second-order valence-corrected chi connectivity index (χ2v) is 8.05.